The van der Waals surface area contributed by atoms with Crippen molar-refractivity contribution in [3.8, 4) is 0 Å². The number of aromatic nitrogens is 4. The number of rotatable bonds is 5. The monoisotopic (exact) mass is 381 g/mol. The van der Waals surface area contributed by atoms with E-state index in [-0.39, 0.29) is 5.91 Å². The molecule has 0 radical (unpaired) electrons. The lowest BCUT2D eigenvalue weighted by molar-refractivity contribution is 0.0704. The van der Waals surface area contributed by atoms with Gasteiger partial charge in [0, 0.05) is 51.0 Å². The molecule has 1 aliphatic carbocycles. The SMILES string of the molecule is Cc1cc(N(C2CC2)C2CCN(C(=O)c3ccc(N(C)C)nn3)CC2)ncn1. The summed E-state index contributed by atoms with van der Waals surface area (Å²) in [5.74, 6) is 1.73. The van der Waals surface area contributed by atoms with Crippen LogP contribution in [0.5, 0.6) is 0 Å². The maximum atomic E-state index is 12.8. The molecule has 148 valence electrons. The molecule has 0 unspecified atom stereocenters. The van der Waals surface area contributed by atoms with E-state index in [4.69, 9.17) is 0 Å². The van der Waals surface area contributed by atoms with Gasteiger partial charge in [0.2, 0.25) is 0 Å². The normalized spacial score (nSPS) is 17.5. The first-order valence-corrected chi connectivity index (χ1v) is 9.90. The van der Waals surface area contributed by atoms with Crippen LogP contribution in [0.1, 0.15) is 41.9 Å². The second kappa shape index (κ2) is 7.69. The van der Waals surface area contributed by atoms with Crippen LogP contribution in [0, 0.1) is 6.92 Å². The van der Waals surface area contributed by atoms with Crippen LogP contribution in [-0.2, 0) is 0 Å². The highest BCUT2D eigenvalue weighted by molar-refractivity contribution is 5.92. The van der Waals surface area contributed by atoms with Gasteiger partial charge in [-0.05, 0) is 44.7 Å². The summed E-state index contributed by atoms with van der Waals surface area (Å²) < 4.78 is 0. The minimum absolute atomic E-state index is 0.0351. The maximum absolute atomic E-state index is 12.8. The molecule has 8 heteroatoms. The Kier molecular flexibility index (Phi) is 5.11. The van der Waals surface area contributed by atoms with Crippen LogP contribution in [0.15, 0.2) is 24.5 Å². The summed E-state index contributed by atoms with van der Waals surface area (Å²) in [5.41, 5.74) is 1.40. The number of aryl methyl sites for hydroxylation is 1. The third-order valence-corrected chi connectivity index (χ3v) is 5.47. The van der Waals surface area contributed by atoms with Gasteiger partial charge in [-0.1, -0.05) is 0 Å². The Hall–Kier alpha value is -2.77. The summed E-state index contributed by atoms with van der Waals surface area (Å²) in [6.45, 7) is 3.46. The first kappa shape index (κ1) is 18.6. The first-order chi connectivity index (χ1) is 13.5. The topological polar surface area (TPSA) is 78.4 Å². The van der Waals surface area contributed by atoms with Crippen molar-refractivity contribution in [2.24, 2.45) is 0 Å². The molecule has 0 atom stereocenters. The minimum atomic E-state index is -0.0351. The number of amides is 1. The van der Waals surface area contributed by atoms with Crippen LogP contribution in [0.4, 0.5) is 11.6 Å². The molecule has 28 heavy (non-hydrogen) atoms. The summed E-state index contributed by atoms with van der Waals surface area (Å²) in [6, 6.07) is 6.65. The Morgan fingerprint density at radius 3 is 2.29 bits per heavy atom. The van der Waals surface area contributed by atoms with Gasteiger partial charge in [-0.3, -0.25) is 4.79 Å². The van der Waals surface area contributed by atoms with Gasteiger partial charge < -0.3 is 14.7 Å². The Morgan fingerprint density at radius 1 is 1.00 bits per heavy atom. The second-order valence-corrected chi connectivity index (χ2v) is 7.85. The number of likely N-dealkylation sites (tertiary alicyclic amines) is 1. The quantitative estimate of drug-likeness (QED) is 0.783. The summed E-state index contributed by atoms with van der Waals surface area (Å²) in [4.78, 5) is 27.8. The van der Waals surface area contributed by atoms with Gasteiger partial charge in [-0.15, -0.1) is 10.2 Å². The number of carbonyl (C=O) groups excluding carboxylic acids is 1. The maximum Gasteiger partial charge on any atom is 0.274 e. The van der Waals surface area contributed by atoms with Gasteiger partial charge >= 0.3 is 0 Å². The highest BCUT2D eigenvalue weighted by atomic mass is 16.2. The molecule has 3 heterocycles. The van der Waals surface area contributed by atoms with Crippen molar-refractivity contribution in [1.82, 2.24) is 25.1 Å². The lowest BCUT2D eigenvalue weighted by Gasteiger charge is -2.39. The molecule has 0 aromatic carbocycles. The van der Waals surface area contributed by atoms with E-state index < -0.39 is 0 Å². The van der Waals surface area contributed by atoms with Crippen LogP contribution < -0.4 is 9.80 Å². The zero-order valence-electron chi connectivity index (χ0n) is 16.7. The molecule has 0 bridgehead atoms. The van der Waals surface area contributed by atoms with Crippen LogP contribution >= 0.6 is 0 Å². The number of hydrogen-bond acceptors (Lipinski definition) is 7. The molecular weight excluding hydrogens is 354 g/mol. The molecule has 8 nitrogen and oxygen atoms in total. The number of carbonyl (C=O) groups is 1. The first-order valence-electron chi connectivity index (χ1n) is 9.90. The lowest BCUT2D eigenvalue weighted by atomic mass is 10.0. The van der Waals surface area contributed by atoms with Crippen molar-refractivity contribution in [2.45, 2.75) is 44.7 Å². The summed E-state index contributed by atoms with van der Waals surface area (Å²) in [7, 11) is 3.81. The molecule has 1 aliphatic heterocycles. The van der Waals surface area contributed by atoms with Crippen molar-refractivity contribution in [2.75, 3.05) is 37.0 Å². The van der Waals surface area contributed by atoms with Crippen molar-refractivity contribution >= 4 is 17.5 Å². The summed E-state index contributed by atoms with van der Waals surface area (Å²) in [5, 5.41) is 8.24. The summed E-state index contributed by atoms with van der Waals surface area (Å²) >= 11 is 0. The van der Waals surface area contributed by atoms with E-state index in [1.165, 1.54) is 12.8 Å². The Balaban J connectivity index is 1.41. The smallest absolute Gasteiger partial charge is 0.274 e. The zero-order chi connectivity index (χ0) is 19.7. The fourth-order valence-corrected chi connectivity index (χ4v) is 3.79. The van der Waals surface area contributed by atoms with E-state index in [0.717, 1.165) is 43.3 Å². The zero-order valence-corrected chi connectivity index (χ0v) is 16.7. The molecule has 1 saturated carbocycles. The Bertz CT molecular complexity index is 827. The van der Waals surface area contributed by atoms with Crippen LogP contribution in [-0.4, -0.2) is 70.2 Å². The fourth-order valence-electron chi connectivity index (χ4n) is 3.79. The van der Waals surface area contributed by atoms with Crippen LogP contribution in [0.2, 0.25) is 0 Å². The van der Waals surface area contributed by atoms with Crippen molar-refractivity contribution in [3.05, 3.63) is 35.9 Å². The fraction of sp³-hybridized carbons (Fsp3) is 0.550. The van der Waals surface area contributed by atoms with Gasteiger partial charge in [0.1, 0.15) is 12.1 Å². The number of hydrogen-bond donors (Lipinski definition) is 0. The third-order valence-electron chi connectivity index (χ3n) is 5.47. The third kappa shape index (κ3) is 3.90. The molecule has 0 N–H and O–H groups in total. The lowest BCUT2D eigenvalue weighted by Crippen LogP contribution is -2.48. The van der Waals surface area contributed by atoms with E-state index in [0.29, 0.717) is 17.8 Å². The van der Waals surface area contributed by atoms with Gasteiger partial charge in [0.15, 0.2) is 11.5 Å². The average molecular weight is 381 g/mol. The summed E-state index contributed by atoms with van der Waals surface area (Å²) in [6.07, 6.45) is 5.96. The van der Waals surface area contributed by atoms with E-state index >= 15 is 0 Å². The molecule has 2 aromatic rings. The number of nitrogens with zero attached hydrogens (tertiary/aromatic N) is 7. The van der Waals surface area contributed by atoms with Gasteiger partial charge in [0.25, 0.3) is 5.91 Å². The number of anilines is 2. The molecule has 4 rings (SSSR count). The molecular formula is C20H27N7O. The largest absolute Gasteiger partial charge is 0.361 e. The molecule has 2 aromatic heterocycles. The predicted molar refractivity (Wildman–Crippen MR) is 108 cm³/mol. The minimum Gasteiger partial charge on any atom is -0.361 e. The van der Waals surface area contributed by atoms with E-state index in [9.17, 15) is 4.79 Å². The van der Waals surface area contributed by atoms with E-state index in [2.05, 4.69) is 31.1 Å². The average Bonchev–Trinajstić information content (AvgIpc) is 3.53. The van der Waals surface area contributed by atoms with E-state index in [1.807, 2.05) is 36.9 Å². The van der Waals surface area contributed by atoms with Crippen molar-refractivity contribution in [1.29, 1.82) is 0 Å². The second-order valence-electron chi connectivity index (χ2n) is 7.85. The molecule has 2 fully saturated rings. The highest BCUT2D eigenvalue weighted by Gasteiger charge is 2.37. The standard InChI is InChI=1S/C20H27N7O/c1-14-12-19(22-13-21-14)27(15-4-5-15)16-8-10-26(11-9-16)20(28)17-6-7-18(24-23-17)25(2)3/h6-7,12-13,15-16H,4-5,8-11H2,1-3H3. The molecule has 2 aliphatic rings. The Morgan fingerprint density at radius 2 is 1.71 bits per heavy atom. The van der Waals surface area contributed by atoms with E-state index in [1.54, 1.807) is 12.4 Å². The van der Waals surface area contributed by atoms with Crippen molar-refractivity contribution in [3.63, 3.8) is 0 Å². The highest BCUT2D eigenvalue weighted by Crippen LogP contribution is 2.35. The molecule has 1 amide bonds. The van der Waals surface area contributed by atoms with Gasteiger partial charge in [-0.25, -0.2) is 9.97 Å². The van der Waals surface area contributed by atoms with Crippen LogP contribution in [0.3, 0.4) is 0 Å². The Labute approximate surface area is 165 Å². The van der Waals surface area contributed by atoms with Crippen LogP contribution in [0.25, 0.3) is 0 Å². The predicted octanol–water partition coefficient (Wildman–Crippen LogP) is 1.91. The van der Waals surface area contributed by atoms with Gasteiger partial charge in [-0.2, -0.15) is 0 Å². The van der Waals surface area contributed by atoms with Gasteiger partial charge in [0.05, 0.1) is 0 Å². The number of piperidine rings is 1. The molecule has 1 saturated heterocycles. The molecule has 0 spiro atoms. The van der Waals surface area contributed by atoms with Crippen molar-refractivity contribution < 1.29 is 4.79 Å².